The van der Waals surface area contributed by atoms with E-state index in [1.807, 2.05) is 68.4 Å². The number of hydrogen-bond acceptors (Lipinski definition) is 3. The van der Waals surface area contributed by atoms with E-state index in [0.717, 1.165) is 26.7 Å². The number of nitrogens with zero attached hydrogens (tertiary/aromatic N) is 1. The number of amides is 1. The van der Waals surface area contributed by atoms with Crippen molar-refractivity contribution in [2.24, 2.45) is 0 Å². The molecule has 4 rings (SSSR count). The largest absolute Gasteiger partial charge is 0.375 e. The minimum atomic E-state index is -1.92. The third-order valence-electron chi connectivity index (χ3n) is 6.57. The molecule has 0 fully saturated rings. The molecule has 1 atom stereocenters. The lowest BCUT2D eigenvalue weighted by atomic mass is 9.81. The molecule has 3 aromatic carbocycles. The number of hydrogen-bond donors (Lipinski definition) is 1. The number of fused-ring (bicyclic) bond motifs is 1. The van der Waals surface area contributed by atoms with E-state index in [1.54, 1.807) is 11.0 Å². The van der Waals surface area contributed by atoms with E-state index in [1.165, 1.54) is 0 Å². The summed E-state index contributed by atoms with van der Waals surface area (Å²) < 4.78 is 0.744. The van der Waals surface area contributed by atoms with E-state index < -0.39 is 11.5 Å². The van der Waals surface area contributed by atoms with E-state index >= 15 is 0 Å². The van der Waals surface area contributed by atoms with Crippen LogP contribution in [0.3, 0.4) is 0 Å². The molecule has 1 heterocycles. The Morgan fingerprint density at radius 1 is 1.00 bits per heavy atom. The highest BCUT2D eigenvalue weighted by Gasteiger charge is 2.51. The molecule has 1 N–H and O–H groups in total. The van der Waals surface area contributed by atoms with Crippen molar-refractivity contribution in [2.45, 2.75) is 58.6 Å². The number of carbonyl (C=O) groups excluding carboxylic acids is 2. The number of anilines is 1. The number of carbonyl (C=O) groups is 2. The molecule has 0 saturated carbocycles. The summed E-state index contributed by atoms with van der Waals surface area (Å²) in [6, 6.07) is 19.1. The van der Waals surface area contributed by atoms with E-state index in [9.17, 15) is 14.7 Å². The van der Waals surface area contributed by atoms with Gasteiger partial charge in [-0.05, 0) is 59.7 Å². The van der Waals surface area contributed by atoms with E-state index in [2.05, 4.69) is 36.7 Å². The summed E-state index contributed by atoms with van der Waals surface area (Å²) in [6.07, 6.45) is -0.308. The lowest BCUT2D eigenvalue weighted by Crippen LogP contribution is -2.41. The lowest BCUT2D eigenvalue weighted by molar-refractivity contribution is -0.136. The summed E-state index contributed by atoms with van der Waals surface area (Å²) in [5.74, 6) is -0.710. The molecule has 0 radical (unpaired) electrons. The van der Waals surface area contributed by atoms with E-state index in [4.69, 9.17) is 0 Å². The first-order valence-electron chi connectivity index (χ1n) is 11.4. The Kier molecular flexibility index (Phi) is 6.30. The number of aliphatic hydroxyl groups is 1. The van der Waals surface area contributed by atoms with E-state index in [0.29, 0.717) is 23.4 Å². The molecule has 0 aliphatic carbocycles. The molecule has 0 saturated heterocycles. The van der Waals surface area contributed by atoms with Crippen LogP contribution < -0.4 is 4.90 Å². The molecule has 1 aliphatic heterocycles. The molecule has 3 aromatic rings. The fourth-order valence-corrected chi connectivity index (χ4v) is 5.13. The van der Waals surface area contributed by atoms with Crippen LogP contribution in [0.15, 0.2) is 65.1 Å². The van der Waals surface area contributed by atoms with Gasteiger partial charge in [-0.25, -0.2) is 0 Å². The first-order chi connectivity index (χ1) is 15.9. The molecule has 34 heavy (non-hydrogen) atoms. The Morgan fingerprint density at radius 3 is 2.21 bits per heavy atom. The fraction of sp³-hybridized carbons (Fsp3) is 0.310. The quantitative estimate of drug-likeness (QED) is 0.398. The predicted molar refractivity (Wildman–Crippen MR) is 139 cm³/mol. The van der Waals surface area contributed by atoms with Crippen molar-refractivity contribution in [3.8, 4) is 0 Å². The van der Waals surface area contributed by atoms with Crippen LogP contribution in [0.1, 0.15) is 65.4 Å². The van der Waals surface area contributed by atoms with Crippen molar-refractivity contribution < 1.29 is 14.7 Å². The highest BCUT2D eigenvalue weighted by molar-refractivity contribution is 9.10. The number of benzene rings is 3. The van der Waals surface area contributed by atoms with Crippen LogP contribution in [0.2, 0.25) is 0 Å². The van der Waals surface area contributed by atoms with Gasteiger partial charge in [0.2, 0.25) is 0 Å². The number of Topliss-reactive ketones (excluding diaryl/α,β-unsaturated/α-hetero) is 1. The predicted octanol–water partition coefficient (Wildman–Crippen LogP) is 6.37. The first kappa shape index (κ1) is 24.4. The zero-order chi connectivity index (χ0) is 24.8. The summed E-state index contributed by atoms with van der Waals surface area (Å²) in [4.78, 5) is 28.8. The Balaban J connectivity index is 1.72. The Morgan fingerprint density at radius 2 is 1.62 bits per heavy atom. The Hall–Kier alpha value is -2.76. The maximum absolute atomic E-state index is 13.6. The van der Waals surface area contributed by atoms with Crippen molar-refractivity contribution >= 4 is 33.3 Å². The summed E-state index contributed by atoms with van der Waals surface area (Å²) in [6.45, 7) is 10.6. The third-order valence-corrected chi connectivity index (χ3v) is 7.06. The normalized spacial score (nSPS) is 17.7. The average Bonchev–Trinajstić information content (AvgIpc) is 2.94. The number of rotatable bonds is 5. The minimum absolute atomic E-state index is 0.0418. The summed E-state index contributed by atoms with van der Waals surface area (Å²) >= 11 is 3.46. The molecule has 0 aromatic heterocycles. The fourth-order valence-electron chi connectivity index (χ4n) is 4.77. The van der Waals surface area contributed by atoms with E-state index in [-0.39, 0.29) is 17.6 Å². The topological polar surface area (TPSA) is 57.6 Å². The zero-order valence-electron chi connectivity index (χ0n) is 20.3. The molecule has 4 nitrogen and oxygen atoms in total. The monoisotopic (exact) mass is 519 g/mol. The SMILES string of the molecule is Cc1cc(C(C)(C)C)cc(C)c1C(=O)CC1(O)C(=O)N(Cc2ccccc2)c2ccc(Br)cc21. The Labute approximate surface area is 209 Å². The molecule has 176 valence electrons. The van der Waals surface area contributed by atoms with Gasteiger partial charge in [0.25, 0.3) is 5.91 Å². The molecular weight excluding hydrogens is 490 g/mol. The van der Waals surface area contributed by atoms with Crippen LogP contribution in [-0.2, 0) is 22.4 Å². The molecular formula is C29H30BrNO3. The molecule has 1 amide bonds. The van der Waals surface area contributed by atoms with Crippen molar-refractivity contribution in [1.29, 1.82) is 0 Å². The number of ketones is 1. The van der Waals surface area contributed by atoms with Crippen molar-refractivity contribution in [1.82, 2.24) is 0 Å². The van der Waals surface area contributed by atoms with Gasteiger partial charge in [-0.1, -0.05) is 79.2 Å². The molecule has 0 bridgehead atoms. The van der Waals surface area contributed by atoms with Gasteiger partial charge >= 0.3 is 0 Å². The smallest absolute Gasteiger partial charge is 0.264 e. The number of aryl methyl sites for hydroxylation is 2. The summed E-state index contributed by atoms with van der Waals surface area (Å²) in [5.41, 5.74) is 3.52. The lowest BCUT2D eigenvalue weighted by Gasteiger charge is -2.25. The average molecular weight is 520 g/mol. The van der Waals surface area contributed by atoms with Gasteiger partial charge in [0.05, 0.1) is 18.7 Å². The summed E-state index contributed by atoms with van der Waals surface area (Å²) in [5, 5.41) is 11.7. The standard InChI is InChI=1S/C29H30BrNO3/c1-18-13-21(28(3,4)5)14-19(2)26(18)25(32)16-29(34)23-15-22(30)11-12-24(23)31(27(29)33)17-20-9-7-6-8-10-20/h6-15,34H,16-17H2,1-5H3. The second-order valence-electron chi connectivity index (χ2n) is 10.2. The van der Waals surface area contributed by atoms with Crippen molar-refractivity contribution in [3.05, 3.63) is 98.5 Å². The highest BCUT2D eigenvalue weighted by atomic mass is 79.9. The first-order valence-corrected chi connectivity index (χ1v) is 12.2. The van der Waals surface area contributed by atoms with Gasteiger partial charge in [-0.15, -0.1) is 0 Å². The molecule has 0 spiro atoms. The van der Waals surface area contributed by atoms with Crippen LogP contribution >= 0.6 is 15.9 Å². The van der Waals surface area contributed by atoms with Gasteiger partial charge < -0.3 is 10.0 Å². The maximum atomic E-state index is 13.6. The van der Waals surface area contributed by atoms with Crippen molar-refractivity contribution in [3.63, 3.8) is 0 Å². The zero-order valence-corrected chi connectivity index (χ0v) is 21.9. The molecule has 1 aliphatic rings. The molecule has 5 heteroatoms. The van der Waals surface area contributed by atoms with Gasteiger partial charge in [-0.3, -0.25) is 9.59 Å². The van der Waals surface area contributed by atoms with Crippen LogP contribution in [0.25, 0.3) is 0 Å². The molecule has 1 unspecified atom stereocenters. The highest BCUT2D eigenvalue weighted by Crippen LogP contribution is 2.45. The summed E-state index contributed by atoms with van der Waals surface area (Å²) in [7, 11) is 0. The van der Waals surface area contributed by atoms with Crippen LogP contribution in [0.5, 0.6) is 0 Å². The Bertz CT molecular complexity index is 1250. The van der Waals surface area contributed by atoms with Crippen LogP contribution in [-0.4, -0.2) is 16.8 Å². The minimum Gasteiger partial charge on any atom is -0.375 e. The van der Waals surface area contributed by atoms with Gasteiger partial charge in [-0.2, -0.15) is 0 Å². The van der Waals surface area contributed by atoms with Crippen LogP contribution in [0.4, 0.5) is 5.69 Å². The van der Waals surface area contributed by atoms with Gasteiger partial charge in [0.15, 0.2) is 11.4 Å². The second kappa shape index (κ2) is 8.79. The maximum Gasteiger partial charge on any atom is 0.264 e. The van der Waals surface area contributed by atoms with Crippen LogP contribution in [0, 0.1) is 13.8 Å². The van der Waals surface area contributed by atoms with Gasteiger partial charge in [0.1, 0.15) is 0 Å². The second-order valence-corrected chi connectivity index (χ2v) is 11.1. The van der Waals surface area contributed by atoms with Gasteiger partial charge in [0, 0.05) is 15.6 Å². The van der Waals surface area contributed by atoms with Crippen molar-refractivity contribution in [2.75, 3.05) is 4.90 Å². The number of halogens is 1. The third kappa shape index (κ3) is 4.35.